The highest BCUT2D eigenvalue weighted by Crippen LogP contribution is 2.24. The molecule has 2 aromatic rings. The molecule has 0 aliphatic rings. The second kappa shape index (κ2) is 5.87. The summed E-state index contributed by atoms with van der Waals surface area (Å²) in [6, 6.07) is 2.87. The summed E-state index contributed by atoms with van der Waals surface area (Å²) < 4.78 is 27.7. The van der Waals surface area contributed by atoms with Gasteiger partial charge in [-0.25, -0.2) is 18.1 Å². The van der Waals surface area contributed by atoms with Gasteiger partial charge in [-0.1, -0.05) is 6.92 Å². The molecule has 2 rings (SSSR count). The number of H-pyrrole nitrogens is 1. The molecule has 0 bridgehead atoms. The number of sulfonamides is 1. The third-order valence-electron chi connectivity index (χ3n) is 3.47. The van der Waals surface area contributed by atoms with Crippen molar-refractivity contribution >= 4 is 15.7 Å². The van der Waals surface area contributed by atoms with Crippen LogP contribution in [0.2, 0.25) is 0 Å². The lowest BCUT2D eigenvalue weighted by Crippen LogP contribution is -2.29. The molecule has 114 valence electrons. The highest BCUT2D eigenvalue weighted by molar-refractivity contribution is 7.89. The van der Waals surface area contributed by atoms with Crippen LogP contribution in [0.4, 0.5) is 5.69 Å². The van der Waals surface area contributed by atoms with Gasteiger partial charge < -0.3 is 10.7 Å². The lowest BCUT2D eigenvalue weighted by atomic mass is 10.1. The van der Waals surface area contributed by atoms with Gasteiger partial charge in [0, 0.05) is 12.4 Å². The largest absolute Gasteiger partial charge is 0.398 e. The lowest BCUT2D eigenvalue weighted by molar-refractivity contribution is 0.539. The van der Waals surface area contributed by atoms with E-state index in [2.05, 4.69) is 14.7 Å². The van der Waals surface area contributed by atoms with Gasteiger partial charge in [0.2, 0.25) is 10.0 Å². The Morgan fingerprint density at radius 2 is 2.00 bits per heavy atom. The van der Waals surface area contributed by atoms with Crippen LogP contribution in [0.3, 0.4) is 0 Å². The van der Waals surface area contributed by atoms with Gasteiger partial charge in [0.25, 0.3) is 0 Å². The van der Waals surface area contributed by atoms with E-state index >= 15 is 0 Å². The second-order valence-electron chi connectivity index (χ2n) is 5.03. The van der Waals surface area contributed by atoms with E-state index in [0.717, 1.165) is 11.1 Å². The number of anilines is 1. The molecule has 1 heterocycles. The molecule has 7 heteroatoms. The van der Waals surface area contributed by atoms with E-state index in [4.69, 9.17) is 5.73 Å². The Balaban J connectivity index is 2.36. The van der Waals surface area contributed by atoms with Crippen LogP contribution in [0.15, 0.2) is 29.4 Å². The van der Waals surface area contributed by atoms with Crippen molar-refractivity contribution in [3.05, 3.63) is 41.5 Å². The van der Waals surface area contributed by atoms with Crippen molar-refractivity contribution < 1.29 is 8.42 Å². The number of benzene rings is 1. The van der Waals surface area contributed by atoms with Crippen molar-refractivity contribution in [3.8, 4) is 0 Å². The average molecular weight is 308 g/mol. The molecular formula is C14H20N4O2S. The fraction of sp³-hybridized carbons (Fsp3) is 0.357. The molecule has 0 aliphatic heterocycles. The Bertz CT molecular complexity index is 724. The van der Waals surface area contributed by atoms with Crippen LogP contribution in [0.1, 0.15) is 36.3 Å². The first-order chi connectivity index (χ1) is 9.85. The third-order valence-corrected chi connectivity index (χ3v) is 5.00. The van der Waals surface area contributed by atoms with Crippen molar-refractivity contribution in [3.63, 3.8) is 0 Å². The molecule has 1 atom stereocenters. The van der Waals surface area contributed by atoms with E-state index in [9.17, 15) is 8.42 Å². The Hall–Kier alpha value is -1.86. The second-order valence-corrected chi connectivity index (χ2v) is 6.71. The van der Waals surface area contributed by atoms with Gasteiger partial charge in [-0.05, 0) is 43.5 Å². The Morgan fingerprint density at radius 3 is 2.57 bits per heavy atom. The van der Waals surface area contributed by atoms with Gasteiger partial charge in [0.15, 0.2) is 0 Å². The summed E-state index contributed by atoms with van der Waals surface area (Å²) in [5, 5.41) is 0. The molecule has 0 saturated carbocycles. The summed E-state index contributed by atoms with van der Waals surface area (Å²) >= 11 is 0. The molecule has 0 aliphatic carbocycles. The summed E-state index contributed by atoms with van der Waals surface area (Å²) in [5.74, 6) is 0.587. The summed E-state index contributed by atoms with van der Waals surface area (Å²) in [5.41, 5.74) is 7.97. The number of aromatic amines is 1. The van der Waals surface area contributed by atoms with E-state index in [-0.39, 0.29) is 10.6 Å². The topological polar surface area (TPSA) is 101 Å². The van der Waals surface area contributed by atoms with Gasteiger partial charge >= 0.3 is 0 Å². The van der Waals surface area contributed by atoms with Crippen molar-refractivity contribution in [2.45, 2.75) is 38.1 Å². The number of hydrogen-bond acceptors (Lipinski definition) is 4. The summed E-state index contributed by atoms with van der Waals surface area (Å²) in [6.45, 7) is 5.64. The van der Waals surface area contributed by atoms with E-state index in [1.165, 1.54) is 0 Å². The highest BCUT2D eigenvalue weighted by Gasteiger charge is 2.24. The standard InChI is InChI=1S/C14H20N4O2S/c1-4-12(14-16-5-6-17-14)18-21(19,20)13-8-10(3)9(2)7-11(13)15/h5-8,12,18H,4,15H2,1-3H3,(H,16,17). The van der Waals surface area contributed by atoms with Crippen molar-refractivity contribution in [2.24, 2.45) is 0 Å². The first kappa shape index (κ1) is 15.5. The molecule has 1 aromatic carbocycles. The molecule has 0 saturated heterocycles. The van der Waals surface area contributed by atoms with Gasteiger partial charge in [-0.15, -0.1) is 0 Å². The molecular weight excluding hydrogens is 288 g/mol. The van der Waals surface area contributed by atoms with Crippen LogP contribution >= 0.6 is 0 Å². The molecule has 0 radical (unpaired) electrons. The fourth-order valence-electron chi connectivity index (χ4n) is 2.10. The minimum atomic E-state index is -3.70. The molecule has 0 spiro atoms. The van der Waals surface area contributed by atoms with E-state index < -0.39 is 16.1 Å². The predicted octanol–water partition coefficient (Wildman–Crippen LogP) is 2.04. The number of aromatic nitrogens is 2. The van der Waals surface area contributed by atoms with Gasteiger partial charge in [0.05, 0.1) is 11.7 Å². The van der Waals surface area contributed by atoms with E-state index in [1.807, 2.05) is 20.8 Å². The maximum absolute atomic E-state index is 12.5. The van der Waals surface area contributed by atoms with Crippen LogP contribution < -0.4 is 10.5 Å². The number of nitrogens with zero attached hydrogens (tertiary/aromatic N) is 1. The SMILES string of the molecule is CCC(NS(=O)(=O)c1cc(C)c(C)cc1N)c1ncc[nH]1. The molecule has 4 N–H and O–H groups in total. The van der Waals surface area contributed by atoms with Crippen LogP contribution in [0, 0.1) is 13.8 Å². The number of aryl methyl sites for hydroxylation is 2. The highest BCUT2D eigenvalue weighted by atomic mass is 32.2. The van der Waals surface area contributed by atoms with Crippen LogP contribution in [0.5, 0.6) is 0 Å². The third kappa shape index (κ3) is 3.25. The molecule has 21 heavy (non-hydrogen) atoms. The molecule has 6 nitrogen and oxygen atoms in total. The van der Waals surface area contributed by atoms with Crippen LogP contribution in [-0.2, 0) is 10.0 Å². The zero-order valence-corrected chi connectivity index (χ0v) is 13.2. The Labute approximate surface area is 124 Å². The number of hydrogen-bond donors (Lipinski definition) is 3. The molecule has 1 aromatic heterocycles. The van der Waals surface area contributed by atoms with E-state index in [1.54, 1.807) is 24.5 Å². The average Bonchev–Trinajstić information content (AvgIpc) is 2.94. The van der Waals surface area contributed by atoms with Crippen molar-refractivity contribution in [2.75, 3.05) is 5.73 Å². The zero-order chi connectivity index (χ0) is 15.6. The summed E-state index contributed by atoms with van der Waals surface area (Å²) in [7, 11) is -3.70. The summed E-state index contributed by atoms with van der Waals surface area (Å²) in [6.07, 6.45) is 3.84. The zero-order valence-electron chi connectivity index (χ0n) is 12.3. The summed E-state index contributed by atoms with van der Waals surface area (Å²) in [4.78, 5) is 7.14. The fourth-order valence-corrected chi connectivity index (χ4v) is 3.58. The van der Waals surface area contributed by atoms with Gasteiger partial charge in [-0.2, -0.15) is 0 Å². The minimum Gasteiger partial charge on any atom is -0.398 e. The van der Waals surface area contributed by atoms with E-state index in [0.29, 0.717) is 12.2 Å². The molecule has 1 unspecified atom stereocenters. The Morgan fingerprint density at radius 1 is 1.33 bits per heavy atom. The van der Waals surface area contributed by atoms with Gasteiger partial charge in [-0.3, -0.25) is 0 Å². The number of nitrogen functional groups attached to an aromatic ring is 1. The first-order valence-corrected chi connectivity index (χ1v) is 8.21. The first-order valence-electron chi connectivity index (χ1n) is 6.73. The quantitative estimate of drug-likeness (QED) is 0.736. The van der Waals surface area contributed by atoms with Crippen molar-refractivity contribution in [1.82, 2.24) is 14.7 Å². The molecule has 0 amide bonds. The normalized spacial score (nSPS) is 13.3. The molecule has 0 fully saturated rings. The number of imidazole rings is 1. The maximum Gasteiger partial charge on any atom is 0.243 e. The lowest BCUT2D eigenvalue weighted by Gasteiger charge is -2.17. The predicted molar refractivity (Wildman–Crippen MR) is 82.3 cm³/mol. The van der Waals surface area contributed by atoms with Gasteiger partial charge in [0.1, 0.15) is 10.7 Å². The monoisotopic (exact) mass is 308 g/mol. The van der Waals surface area contributed by atoms with Crippen LogP contribution in [0.25, 0.3) is 0 Å². The Kier molecular flexibility index (Phi) is 4.34. The maximum atomic E-state index is 12.5. The van der Waals surface area contributed by atoms with Crippen LogP contribution in [-0.4, -0.2) is 18.4 Å². The number of nitrogens with two attached hydrogens (primary N) is 1. The minimum absolute atomic E-state index is 0.107. The smallest absolute Gasteiger partial charge is 0.243 e. The number of rotatable bonds is 5. The van der Waals surface area contributed by atoms with Crippen molar-refractivity contribution in [1.29, 1.82) is 0 Å². The number of nitrogens with one attached hydrogen (secondary N) is 2.